The van der Waals surface area contributed by atoms with Gasteiger partial charge in [0.05, 0.1) is 17.7 Å². The third-order valence-electron chi connectivity index (χ3n) is 6.80. The van der Waals surface area contributed by atoms with Crippen molar-refractivity contribution in [3.05, 3.63) is 52.2 Å². The Labute approximate surface area is 216 Å². The fourth-order valence-electron chi connectivity index (χ4n) is 5.42. The standard InChI is InChI=1S/C26H28F4N4O2S/c1-14-9-33(10-15(2)31-14)24-19-8-20(26(28,29)30)21(17-4-6-18(27)7-5-17)23-22(19)34(25(35)32-24)11-16(12-36-3)13-37-23/h4-8,14-16,31H,9-13H2,1-3H3/t14-,15+,16?. The molecule has 1 aromatic heterocycles. The van der Waals surface area contributed by atoms with Crippen LogP contribution in [-0.2, 0) is 17.5 Å². The molecule has 37 heavy (non-hydrogen) atoms. The average Bonchev–Trinajstić information content (AvgIpc) is 3.01. The summed E-state index contributed by atoms with van der Waals surface area (Å²) in [4.78, 5) is 20.0. The van der Waals surface area contributed by atoms with Gasteiger partial charge in [0.25, 0.3) is 0 Å². The van der Waals surface area contributed by atoms with Gasteiger partial charge in [-0.15, -0.1) is 11.8 Å². The van der Waals surface area contributed by atoms with Crippen LogP contribution in [0, 0.1) is 11.7 Å². The summed E-state index contributed by atoms with van der Waals surface area (Å²) in [6, 6.07) is 6.25. The van der Waals surface area contributed by atoms with Crippen LogP contribution in [0.25, 0.3) is 22.0 Å². The monoisotopic (exact) mass is 536 g/mol. The molecule has 6 nitrogen and oxygen atoms in total. The lowest BCUT2D eigenvalue weighted by Crippen LogP contribution is -2.55. The molecule has 198 valence electrons. The molecule has 1 saturated heterocycles. The number of methoxy groups -OCH3 is 1. The van der Waals surface area contributed by atoms with Gasteiger partial charge >= 0.3 is 11.9 Å². The molecular formula is C26H28F4N4O2S. The first-order valence-corrected chi connectivity index (χ1v) is 13.1. The van der Waals surface area contributed by atoms with Gasteiger partial charge in [0.15, 0.2) is 0 Å². The fourth-order valence-corrected chi connectivity index (χ4v) is 6.75. The van der Waals surface area contributed by atoms with E-state index in [4.69, 9.17) is 4.74 Å². The van der Waals surface area contributed by atoms with Gasteiger partial charge < -0.3 is 15.0 Å². The summed E-state index contributed by atoms with van der Waals surface area (Å²) in [5.74, 6) is 0.0729. The van der Waals surface area contributed by atoms with Crippen LogP contribution in [0.4, 0.5) is 23.4 Å². The number of nitrogens with zero attached hydrogens (tertiary/aromatic N) is 3. The zero-order valence-electron chi connectivity index (χ0n) is 20.7. The zero-order valence-corrected chi connectivity index (χ0v) is 21.5. The van der Waals surface area contributed by atoms with Gasteiger partial charge in [0.1, 0.15) is 11.6 Å². The molecule has 2 aliphatic rings. The van der Waals surface area contributed by atoms with Crippen LogP contribution in [-0.4, -0.2) is 54.2 Å². The fraction of sp³-hybridized carbons (Fsp3) is 0.462. The largest absolute Gasteiger partial charge is 0.417 e. The maximum atomic E-state index is 14.6. The summed E-state index contributed by atoms with van der Waals surface area (Å²) in [5, 5.41) is 3.70. The molecule has 2 aliphatic heterocycles. The minimum absolute atomic E-state index is 0.0459. The summed E-state index contributed by atoms with van der Waals surface area (Å²) in [6.07, 6.45) is -4.69. The second-order valence-electron chi connectivity index (χ2n) is 9.86. The van der Waals surface area contributed by atoms with Gasteiger partial charge in [-0.05, 0) is 37.6 Å². The third kappa shape index (κ3) is 4.96. The summed E-state index contributed by atoms with van der Waals surface area (Å²) < 4.78 is 64.4. The van der Waals surface area contributed by atoms with Gasteiger partial charge in [-0.2, -0.15) is 18.2 Å². The molecular weight excluding hydrogens is 508 g/mol. The van der Waals surface area contributed by atoms with E-state index in [1.807, 2.05) is 18.7 Å². The molecule has 0 amide bonds. The van der Waals surface area contributed by atoms with Crippen molar-refractivity contribution >= 4 is 28.5 Å². The van der Waals surface area contributed by atoms with E-state index in [9.17, 15) is 22.4 Å². The smallest absolute Gasteiger partial charge is 0.384 e. The molecule has 3 aromatic rings. The van der Waals surface area contributed by atoms with Crippen LogP contribution < -0.4 is 15.9 Å². The minimum Gasteiger partial charge on any atom is -0.384 e. The number of halogens is 4. The number of nitrogens with one attached hydrogen (secondary N) is 1. The third-order valence-corrected chi connectivity index (χ3v) is 8.12. The van der Waals surface area contributed by atoms with E-state index >= 15 is 0 Å². The molecule has 0 bridgehead atoms. The molecule has 0 aliphatic carbocycles. The highest BCUT2D eigenvalue weighted by Gasteiger charge is 2.38. The number of hydrogen-bond donors (Lipinski definition) is 1. The van der Waals surface area contributed by atoms with Crippen LogP contribution in [0.1, 0.15) is 19.4 Å². The second-order valence-corrected chi connectivity index (χ2v) is 10.9. The quantitative estimate of drug-likeness (QED) is 0.485. The van der Waals surface area contributed by atoms with Gasteiger partial charge in [0.2, 0.25) is 0 Å². The van der Waals surface area contributed by atoms with E-state index in [-0.39, 0.29) is 41.5 Å². The highest BCUT2D eigenvalue weighted by molar-refractivity contribution is 7.99. The number of piperazine rings is 1. The van der Waals surface area contributed by atoms with E-state index in [0.29, 0.717) is 41.2 Å². The number of thioether (sulfide) groups is 1. The minimum atomic E-state index is -4.69. The molecule has 0 spiro atoms. The number of ether oxygens (including phenoxy) is 1. The van der Waals surface area contributed by atoms with Crippen LogP contribution in [0.5, 0.6) is 0 Å². The number of hydrogen-bond acceptors (Lipinski definition) is 6. The highest BCUT2D eigenvalue weighted by Crippen LogP contribution is 2.48. The molecule has 11 heteroatoms. The molecule has 3 atom stereocenters. The molecule has 0 saturated carbocycles. The van der Waals surface area contributed by atoms with Crippen molar-refractivity contribution in [2.24, 2.45) is 5.92 Å². The lowest BCUT2D eigenvalue weighted by atomic mass is 9.96. The summed E-state index contributed by atoms with van der Waals surface area (Å²) in [7, 11) is 1.56. The van der Waals surface area contributed by atoms with Crippen molar-refractivity contribution in [2.75, 3.05) is 37.5 Å². The first kappa shape index (κ1) is 26.0. The first-order valence-electron chi connectivity index (χ1n) is 12.1. The molecule has 1 fully saturated rings. The van der Waals surface area contributed by atoms with Crippen molar-refractivity contribution in [1.82, 2.24) is 14.9 Å². The van der Waals surface area contributed by atoms with Crippen molar-refractivity contribution < 1.29 is 22.3 Å². The molecule has 0 radical (unpaired) electrons. The lowest BCUT2D eigenvalue weighted by molar-refractivity contribution is -0.137. The van der Waals surface area contributed by atoms with Crippen LogP contribution >= 0.6 is 11.8 Å². The van der Waals surface area contributed by atoms with Gasteiger partial charge in [-0.3, -0.25) is 4.57 Å². The molecule has 1 N–H and O–H groups in total. The van der Waals surface area contributed by atoms with E-state index in [0.717, 1.165) is 18.2 Å². The van der Waals surface area contributed by atoms with Crippen LogP contribution in [0.15, 0.2) is 40.0 Å². The molecule has 5 rings (SSSR count). The summed E-state index contributed by atoms with van der Waals surface area (Å²) >= 11 is 1.28. The van der Waals surface area contributed by atoms with Crippen LogP contribution in [0.3, 0.4) is 0 Å². The van der Waals surface area contributed by atoms with E-state index in [1.54, 1.807) is 7.11 Å². The maximum Gasteiger partial charge on any atom is 0.417 e. The molecule has 2 aromatic carbocycles. The van der Waals surface area contributed by atoms with Gasteiger partial charge in [-0.25, -0.2) is 9.18 Å². The molecule has 1 unspecified atom stereocenters. The first-order chi connectivity index (χ1) is 17.6. The topological polar surface area (TPSA) is 59.4 Å². The average molecular weight is 537 g/mol. The van der Waals surface area contributed by atoms with Crippen molar-refractivity contribution in [3.8, 4) is 11.1 Å². The SMILES string of the molecule is COCC1CSc2c(-c3ccc(F)cc3)c(C(F)(F)F)cc3c(N4C[C@@H](C)N[C@@H](C)C4)nc(=O)n(c23)C1. The van der Waals surface area contributed by atoms with E-state index in [2.05, 4.69) is 10.3 Å². The Morgan fingerprint density at radius 2 is 1.81 bits per heavy atom. The predicted octanol–water partition coefficient (Wildman–Crippen LogP) is 4.78. The Morgan fingerprint density at radius 1 is 1.14 bits per heavy atom. The summed E-state index contributed by atoms with van der Waals surface area (Å²) in [6.45, 7) is 5.62. The van der Waals surface area contributed by atoms with Crippen molar-refractivity contribution in [2.45, 2.75) is 43.5 Å². The highest BCUT2D eigenvalue weighted by atomic mass is 32.2. The molecule has 3 heterocycles. The van der Waals surface area contributed by atoms with E-state index in [1.165, 1.54) is 28.5 Å². The Balaban J connectivity index is 1.87. The number of rotatable bonds is 4. The van der Waals surface area contributed by atoms with Crippen LogP contribution in [0.2, 0.25) is 0 Å². The number of aromatic nitrogens is 2. The van der Waals surface area contributed by atoms with Crippen molar-refractivity contribution in [3.63, 3.8) is 0 Å². The maximum absolute atomic E-state index is 14.6. The van der Waals surface area contributed by atoms with E-state index < -0.39 is 23.2 Å². The van der Waals surface area contributed by atoms with Crippen molar-refractivity contribution in [1.29, 1.82) is 0 Å². The Kier molecular flexibility index (Phi) is 6.97. The normalized spacial score (nSPS) is 22.4. The lowest BCUT2D eigenvalue weighted by Gasteiger charge is -2.37. The number of anilines is 1. The Hall–Kier alpha value is -2.63. The predicted molar refractivity (Wildman–Crippen MR) is 137 cm³/mol. The zero-order chi connectivity index (χ0) is 26.5. The van der Waals surface area contributed by atoms with Gasteiger partial charge in [0, 0.05) is 66.3 Å². The van der Waals surface area contributed by atoms with Gasteiger partial charge in [-0.1, -0.05) is 12.1 Å². The number of alkyl halides is 3. The summed E-state index contributed by atoms with van der Waals surface area (Å²) in [5.41, 5.74) is -0.704. The number of benzene rings is 2. The Bertz CT molecular complexity index is 1370. The second kappa shape index (κ2) is 9.92. The Morgan fingerprint density at radius 3 is 2.43 bits per heavy atom.